The van der Waals surface area contributed by atoms with Crippen LogP contribution in [-0.4, -0.2) is 33.7 Å². The van der Waals surface area contributed by atoms with Crippen LogP contribution in [0.5, 0.6) is 0 Å². The summed E-state index contributed by atoms with van der Waals surface area (Å²) in [6, 6.07) is 14.1. The predicted molar refractivity (Wildman–Crippen MR) is 95.2 cm³/mol. The van der Waals surface area contributed by atoms with Crippen LogP contribution in [0.4, 0.5) is 10.5 Å². The highest BCUT2D eigenvalue weighted by Gasteiger charge is 2.33. The van der Waals surface area contributed by atoms with E-state index in [9.17, 15) is 13.2 Å². The second-order valence-corrected chi connectivity index (χ2v) is 7.88. The van der Waals surface area contributed by atoms with Crippen molar-refractivity contribution in [3.05, 3.63) is 59.7 Å². The molecule has 0 radical (unpaired) electrons. The van der Waals surface area contributed by atoms with Crippen LogP contribution in [0.1, 0.15) is 11.1 Å². The first-order chi connectivity index (χ1) is 11.8. The number of anilines is 1. The molecule has 0 bridgehead atoms. The lowest BCUT2D eigenvalue weighted by Gasteiger charge is -2.13. The maximum Gasteiger partial charge on any atom is 0.414 e. The van der Waals surface area contributed by atoms with Gasteiger partial charge in [0.25, 0.3) is 0 Å². The molecule has 0 aliphatic carbocycles. The van der Waals surface area contributed by atoms with Crippen molar-refractivity contribution < 1.29 is 17.9 Å². The lowest BCUT2D eigenvalue weighted by Crippen LogP contribution is -2.34. The number of sulfonamides is 1. The molecule has 2 aromatic rings. The van der Waals surface area contributed by atoms with E-state index in [-0.39, 0.29) is 11.4 Å². The molecule has 7 heteroatoms. The van der Waals surface area contributed by atoms with Crippen molar-refractivity contribution in [3.63, 3.8) is 0 Å². The van der Waals surface area contributed by atoms with Gasteiger partial charge in [0.2, 0.25) is 10.0 Å². The normalized spacial score (nSPS) is 17.6. The first-order valence-electron chi connectivity index (χ1n) is 7.96. The molecule has 1 fully saturated rings. The lowest BCUT2D eigenvalue weighted by atomic mass is 10.2. The van der Waals surface area contributed by atoms with Gasteiger partial charge in [-0.3, -0.25) is 4.90 Å². The minimum atomic E-state index is -3.63. The average molecular weight is 360 g/mol. The van der Waals surface area contributed by atoms with Gasteiger partial charge in [-0.15, -0.1) is 0 Å². The third-order valence-electron chi connectivity index (χ3n) is 4.05. The standard InChI is InChI=1S/C18H20N2O4S/c1-13-3-7-15(8-4-13)20-12-16(24-18(20)21)11-19-25(22,23)17-9-5-14(2)6-10-17/h3-10,16,19H,11-12H2,1-2H3. The quantitative estimate of drug-likeness (QED) is 0.889. The van der Waals surface area contributed by atoms with E-state index in [0.29, 0.717) is 6.54 Å². The molecule has 0 aromatic heterocycles. The maximum atomic E-state index is 12.3. The van der Waals surface area contributed by atoms with Crippen LogP contribution in [0.3, 0.4) is 0 Å². The summed E-state index contributed by atoms with van der Waals surface area (Å²) in [6.07, 6.45) is -1.00. The van der Waals surface area contributed by atoms with Gasteiger partial charge in [-0.25, -0.2) is 17.9 Å². The van der Waals surface area contributed by atoms with E-state index in [2.05, 4.69) is 4.72 Å². The van der Waals surface area contributed by atoms with Gasteiger partial charge < -0.3 is 4.74 Å². The Labute approximate surface area is 147 Å². The molecule has 1 aliphatic heterocycles. The fraction of sp³-hybridized carbons (Fsp3) is 0.278. The second-order valence-electron chi connectivity index (χ2n) is 6.12. The third kappa shape index (κ3) is 4.00. The zero-order valence-corrected chi connectivity index (χ0v) is 14.9. The van der Waals surface area contributed by atoms with Crippen LogP contribution in [0.2, 0.25) is 0 Å². The second kappa shape index (κ2) is 6.85. The summed E-state index contributed by atoms with van der Waals surface area (Å²) in [5, 5.41) is 0. The van der Waals surface area contributed by atoms with Crippen molar-refractivity contribution >= 4 is 21.8 Å². The molecule has 6 nitrogen and oxygen atoms in total. The highest BCUT2D eigenvalue weighted by molar-refractivity contribution is 7.89. The summed E-state index contributed by atoms with van der Waals surface area (Å²) in [7, 11) is -3.63. The summed E-state index contributed by atoms with van der Waals surface area (Å²) in [6.45, 7) is 4.19. The van der Waals surface area contributed by atoms with Gasteiger partial charge in [0.1, 0.15) is 6.10 Å². The Kier molecular flexibility index (Phi) is 4.78. The van der Waals surface area contributed by atoms with Gasteiger partial charge in [0.05, 0.1) is 11.4 Å². The molecule has 1 amide bonds. The third-order valence-corrected chi connectivity index (χ3v) is 5.49. The molecule has 3 rings (SSSR count). The molecule has 132 valence electrons. The van der Waals surface area contributed by atoms with E-state index in [4.69, 9.17) is 4.74 Å². The van der Waals surface area contributed by atoms with Crippen molar-refractivity contribution in [2.75, 3.05) is 18.0 Å². The Balaban J connectivity index is 1.63. The average Bonchev–Trinajstić information content (AvgIpc) is 2.95. The van der Waals surface area contributed by atoms with Gasteiger partial charge in [-0.05, 0) is 38.1 Å². The van der Waals surface area contributed by atoms with Crippen LogP contribution in [-0.2, 0) is 14.8 Å². The van der Waals surface area contributed by atoms with Crippen LogP contribution >= 0.6 is 0 Å². The molecule has 1 aliphatic rings. The van der Waals surface area contributed by atoms with E-state index in [1.54, 1.807) is 24.3 Å². The summed E-state index contributed by atoms with van der Waals surface area (Å²) in [5.41, 5.74) is 2.82. The summed E-state index contributed by atoms with van der Waals surface area (Å²) in [4.78, 5) is 13.7. The number of nitrogens with one attached hydrogen (secondary N) is 1. The molecular weight excluding hydrogens is 340 g/mol. The van der Waals surface area contributed by atoms with Crippen LogP contribution in [0, 0.1) is 13.8 Å². The minimum Gasteiger partial charge on any atom is -0.443 e. The topological polar surface area (TPSA) is 75.7 Å². The summed E-state index contributed by atoms with van der Waals surface area (Å²) >= 11 is 0. The van der Waals surface area contributed by atoms with Crippen molar-refractivity contribution in [2.24, 2.45) is 0 Å². The van der Waals surface area contributed by atoms with Gasteiger partial charge in [-0.1, -0.05) is 35.4 Å². The highest BCUT2D eigenvalue weighted by atomic mass is 32.2. The Morgan fingerprint density at radius 1 is 1.04 bits per heavy atom. The minimum absolute atomic E-state index is 0.0321. The van der Waals surface area contributed by atoms with Gasteiger partial charge in [0, 0.05) is 12.2 Å². The number of rotatable bonds is 5. The molecule has 25 heavy (non-hydrogen) atoms. The molecule has 2 aromatic carbocycles. The van der Waals surface area contributed by atoms with Crippen molar-refractivity contribution in [2.45, 2.75) is 24.8 Å². The monoisotopic (exact) mass is 360 g/mol. The van der Waals surface area contributed by atoms with Crippen LogP contribution in [0.15, 0.2) is 53.4 Å². The molecule has 0 saturated carbocycles. The van der Waals surface area contributed by atoms with E-state index in [0.717, 1.165) is 16.8 Å². The number of hydrogen-bond donors (Lipinski definition) is 1. The number of ether oxygens (including phenoxy) is 1. The van der Waals surface area contributed by atoms with Gasteiger partial charge in [0.15, 0.2) is 0 Å². The number of benzene rings is 2. The molecule has 1 unspecified atom stereocenters. The molecule has 1 saturated heterocycles. The fourth-order valence-electron chi connectivity index (χ4n) is 2.57. The largest absolute Gasteiger partial charge is 0.443 e. The van der Waals surface area contributed by atoms with Crippen molar-refractivity contribution in [1.82, 2.24) is 4.72 Å². The molecule has 1 atom stereocenters. The fourth-order valence-corrected chi connectivity index (χ4v) is 3.63. The Morgan fingerprint density at radius 2 is 1.60 bits per heavy atom. The summed E-state index contributed by atoms with van der Waals surface area (Å²) < 4.78 is 32.4. The zero-order valence-electron chi connectivity index (χ0n) is 14.1. The number of carbonyl (C=O) groups excluding carboxylic acids is 1. The van der Waals surface area contributed by atoms with E-state index in [1.165, 1.54) is 4.90 Å². The van der Waals surface area contributed by atoms with Gasteiger partial charge >= 0.3 is 6.09 Å². The summed E-state index contributed by atoms with van der Waals surface area (Å²) in [5.74, 6) is 0. The molecular formula is C18H20N2O4S. The Morgan fingerprint density at radius 3 is 2.20 bits per heavy atom. The number of aryl methyl sites for hydroxylation is 2. The number of amides is 1. The Hall–Kier alpha value is -2.38. The number of nitrogens with zero attached hydrogens (tertiary/aromatic N) is 1. The van der Waals surface area contributed by atoms with E-state index >= 15 is 0 Å². The smallest absolute Gasteiger partial charge is 0.414 e. The van der Waals surface area contributed by atoms with Gasteiger partial charge in [-0.2, -0.15) is 0 Å². The van der Waals surface area contributed by atoms with Crippen LogP contribution in [0.25, 0.3) is 0 Å². The van der Waals surface area contributed by atoms with E-state index in [1.807, 2.05) is 38.1 Å². The van der Waals surface area contributed by atoms with E-state index < -0.39 is 22.2 Å². The lowest BCUT2D eigenvalue weighted by molar-refractivity contribution is 0.143. The zero-order chi connectivity index (χ0) is 18.0. The molecule has 1 N–H and O–H groups in total. The Bertz CT molecular complexity index is 861. The molecule has 1 heterocycles. The number of cyclic esters (lactones) is 1. The first-order valence-corrected chi connectivity index (χ1v) is 9.44. The van der Waals surface area contributed by atoms with Crippen molar-refractivity contribution in [3.8, 4) is 0 Å². The number of carbonyl (C=O) groups is 1. The van der Waals surface area contributed by atoms with Crippen LogP contribution < -0.4 is 9.62 Å². The number of hydrogen-bond acceptors (Lipinski definition) is 4. The molecule has 0 spiro atoms. The first kappa shape index (κ1) is 17.4. The SMILES string of the molecule is Cc1ccc(N2CC(CNS(=O)(=O)c3ccc(C)cc3)OC2=O)cc1. The highest BCUT2D eigenvalue weighted by Crippen LogP contribution is 2.22. The maximum absolute atomic E-state index is 12.3. The predicted octanol–water partition coefficient (Wildman–Crippen LogP) is 2.61. The van der Waals surface area contributed by atoms with Crippen molar-refractivity contribution in [1.29, 1.82) is 0 Å².